The SMILES string of the molecule is CCCNCc1cnc(OCC(F)(F)F)c(Cl)c1. The third-order valence-corrected chi connectivity index (χ3v) is 2.26. The Morgan fingerprint density at radius 2 is 2.17 bits per heavy atom. The third-order valence-electron chi connectivity index (χ3n) is 1.99. The van der Waals surface area contributed by atoms with Crippen molar-refractivity contribution in [2.24, 2.45) is 0 Å². The minimum Gasteiger partial charge on any atom is -0.467 e. The van der Waals surface area contributed by atoms with Gasteiger partial charge in [-0.3, -0.25) is 0 Å². The van der Waals surface area contributed by atoms with Crippen molar-refractivity contribution in [3.8, 4) is 5.88 Å². The van der Waals surface area contributed by atoms with Gasteiger partial charge in [-0.2, -0.15) is 13.2 Å². The summed E-state index contributed by atoms with van der Waals surface area (Å²) in [5.74, 6) is -0.201. The number of halogens is 4. The summed E-state index contributed by atoms with van der Waals surface area (Å²) >= 11 is 5.79. The predicted octanol–water partition coefficient (Wildman–Crippen LogP) is 3.18. The minimum atomic E-state index is -4.40. The van der Waals surface area contributed by atoms with Crippen LogP contribution in [0.1, 0.15) is 18.9 Å². The molecule has 0 fully saturated rings. The Bertz CT molecular complexity index is 385. The normalized spacial score (nSPS) is 11.6. The highest BCUT2D eigenvalue weighted by atomic mass is 35.5. The summed E-state index contributed by atoms with van der Waals surface area (Å²) in [4.78, 5) is 3.77. The van der Waals surface area contributed by atoms with Crippen LogP contribution in [-0.4, -0.2) is 24.3 Å². The monoisotopic (exact) mass is 282 g/mol. The quantitative estimate of drug-likeness (QED) is 0.814. The molecule has 0 spiro atoms. The highest BCUT2D eigenvalue weighted by Gasteiger charge is 2.29. The van der Waals surface area contributed by atoms with Crippen molar-refractivity contribution in [1.82, 2.24) is 10.3 Å². The lowest BCUT2D eigenvalue weighted by Crippen LogP contribution is -2.20. The van der Waals surface area contributed by atoms with Crippen LogP contribution >= 0.6 is 11.6 Å². The van der Waals surface area contributed by atoms with Crippen LogP contribution in [0.2, 0.25) is 5.02 Å². The first-order chi connectivity index (χ1) is 8.42. The van der Waals surface area contributed by atoms with Crippen LogP contribution in [-0.2, 0) is 6.54 Å². The Kier molecular flexibility index (Phi) is 5.68. The molecule has 0 saturated carbocycles. The summed E-state index contributed by atoms with van der Waals surface area (Å²) in [5.41, 5.74) is 0.799. The highest BCUT2D eigenvalue weighted by Crippen LogP contribution is 2.24. The van der Waals surface area contributed by atoms with Crippen molar-refractivity contribution in [1.29, 1.82) is 0 Å². The molecule has 3 nitrogen and oxygen atoms in total. The molecule has 0 radical (unpaired) electrons. The standard InChI is InChI=1S/C11H14ClF3N2O/c1-2-3-16-5-8-4-9(12)10(17-6-8)18-7-11(13,14)15/h4,6,16H,2-3,5,7H2,1H3. The molecule has 0 saturated heterocycles. The third kappa shape index (κ3) is 5.55. The van der Waals surface area contributed by atoms with Crippen LogP contribution in [0.5, 0.6) is 5.88 Å². The van der Waals surface area contributed by atoms with Crippen LogP contribution in [0.15, 0.2) is 12.3 Å². The number of nitrogens with one attached hydrogen (secondary N) is 1. The number of alkyl halides is 3. The first-order valence-corrected chi connectivity index (χ1v) is 5.85. The first-order valence-electron chi connectivity index (χ1n) is 5.47. The largest absolute Gasteiger partial charge is 0.467 e. The molecule has 0 aliphatic carbocycles. The molecule has 102 valence electrons. The molecular formula is C11H14ClF3N2O. The Hall–Kier alpha value is -1.01. The van der Waals surface area contributed by atoms with Crippen molar-refractivity contribution in [3.05, 3.63) is 22.8 Å². The topological polar surface area (TPSA) is 34.2 Å². The minimum absolute atomic E-state index is 0.0787. The van der Waals surface area contributed by atoms with Gasteiger partial charge in [0.2, 0.25) is 5.88 Å². The number of ether oxygens (including phenoxy) is 1. The van der Waals surface area contributed by atoms with Crippen LogP contribution in [0.4, 0.5) is 13.2 Å². The summed E-state index contributed by atoms with van der Waals surface area (Å²) in [6.45, 7) is 2.06. The van der Waals surface area contributed by atoms with Crippen LogP contribution < -0.4 is 10.1 Å². The van der Waals surface area contributed by atoms with E-state index in [0.29, 0.717) is 6.54 Å². The van der Waals surface area contributed by atoms with Gasteiger partial charge in [0.25, 0.3) is 0 Å². The van der Waals surface area contributed by atoms with Gasteiger partial charge in [-0.25, -0.2) is 4.98 Å². The zero-order valence-corrected chi connectivity index (χ0v) is 10.6. The number of hydrogen-bond acceptors (Lipinski definition) is 3. The Labute approximate surface area is 108 Å². The van der Waals surface area contributed by atoms with E-state index in [4.69, 9.17) is 11.6 Å². The number of rotatable bonds is 6. The van der Waals surface area contributed by atoms with E-state index in [1.54, 1.807) is 6.07 Å². The molecular weight excluding hydrogens is 269 g/mol. The van der Waals surface area contributed by atoms with Gasteiger partial charge in [-0.1, -0.05) is 18.5 Å². The molecule has 0 aromatic carbocycles. The molecule has 1 heterocycles. The fourth-order valence-electron chi connectivity index (χ4n) is 1.23. The van der Waals surface area contributed by atoms with E-state index in [-0.39, 0.29) is 10.9 Å². The van der Waals surface area contributed by atoms with Gasteiger partial charge in [0.05, 0.1) is 0 Å². The lowest BCUT2D eigenvalue weighted by molar-refractivity contribution is -0.154. The number of nitrogens with zero attached hydrogens (tertiary/aromatic N) is 1. The van der Waals surface area contributed by atoms with Gasteiger partial charge < -0.3 is 10.1 Å². The molecule has 0 unspecified atom stereocenters. The molecule has 0 atom stereocenters. The van der Waals surface area contributed by atoms with E-state index in [2.05, 4.69) is 15.0 Å². The fourth-order valence-corrected chi connectivity index (χ4v) is 1.47. The van der Waals surface area contributed by atoms with Crippen LogP contribution in [0, 0.1) is 0 Å². The van der Waals surface area contributed by atoms with Gasteiger partial charge in [0.1, 0.15) is 5.02 Å². The highest BCUT2D eigenvalue weighted by molar-refractivity contribution is 6.31. The average Bonchev–Trinajstić information content (AvgIpc) is 2.27. The number of aromatic nitrogens is 1. The molecule has 0 amide bonds. The average molecular weight is 283 g/mol. The van der Waals surface area contributed by atoms with E-state index in [1.807, 2.05) is 6.92 Å². The predicted molar refractivity (Wildman–Crippen MR) is 62.8 cm³/mol. The second-order valence-corrected chi connectivity index (χ2v) is 4.12. The molecule has 0 bridgehead atoms. The van der Waals surface area contributed by atoms with Crippen molar-refractivity contribution in [3.63, 3.8) is 0 Å². The lowest BCUT2D eigenvalue weighted by atomic mass is 10.3. The van der Waals surface area contributed by atoms with Gasteiger partial charge in [-0.05, 0) is 24.6 Å². The van der Waals surface area contributed by atoms with E-state index in [1.165, 1.54) is 6.20 Å². The van der Waals surface area contributed by atoms with E-state index >= 15 is 0 Å². The smallest absolute Gasteiger partial charge is 0.422 e. The molecule has 1 aromatic heterocycles. The van der Waals surface area contributed by atoms with Gasteiger partial charge in [-0.15, -0.1) is 0 Å². The summed E-state index contributed by atoms with van der Waals surface area (Å²) < 4.78 is 40.3. The molecule has 1 aromatic rings. The van der Waals surface area contributed by atoms with Gasteiger partial charge >= 0.3 is 6.18 Å². The molecule has 7 heteroatoms. The van der Waals surface area contributed by atoms with E-state index in [0.717, 1.165) is 18.5 Å². The summed E-state index contributed by atoms with van der Waals surface area (Å²) in [5, 5.41) is 3.21. The Morgan fingerprint density at radius 1 is 1.44 bits per heavy atom. The van der Waals surface area contributed by atoms with E-state index < -0.39 is 12.8 Å². The van der Waals surface area contributed by atoms with Crippen molar-refractivity contribution in [2.45, 2.75) is 26.1 Å². The Morgan fingerprint density at radius 3 is 2.72 bits per heavy atom. The van der Waals surface area contributed by atoms with Crippen molar-refractivity contribution < 1.29 is 17.9 Å². The maximum absolute atomic E-state index is 12.0. The first kappa shape index (κ1) is 15.0. The van der Waals surface area contributed by atoms with Gasteiger partial charge in [0.15, 0.2) is 6.61 Å². The van der Waals surface area contributed by atoms with Crippen LogP contribution in [0.25, 0.3) is 0 Å². The molecule has 0 aliphatic heterocycles. The molecule has 1 N–H and O–H groups in total. The second-order valence-electron chi connectivity index (χ2n) is 3.71. The van der Waals surface area contributed by atoms with Gasteiger partial charge in [0, 0.05) is 12.7 Å². The summed E-state index contributed by atoms with van der Waals surface area (Å²) in [7, 11) is 0. The Balaban J connectivity index is 2.56. The zero-order valence-electron chi connectivity index (χ0n) is 9.85. The van der Waals surface area contributed by atoms with Crippen LogP contribution in [0.3, 0.4) is 0 Å². The lowest BCUT2D eigenvalue weighted by Gasteiger charge is -2.10. The maximum Gasteiger partial charge on any atom is 0.422 e. The zero-order chi connectivity index (χ0) is 13.6. The second kappa shape index (κ2) is 6.80. The molecule has 0 aliphatic rings. The van der Waals surface area contributed by atoms with Crippen molar-refractivity contribution in [2.75, 3.05) is 13.2 Å². The van der Waals surface area contributed by atoms with Crippen molar-refractivity contribution >= 4 is 11.6 Å². The number of hydrogen-bond donors (Lipinski definition) is 1. The summed E-state index contributed by atoms with van der Waals surface area (Å²) in [6, 6.07) is 1.54. The fraction of sp³-hybridized carbons (Fsp3) is 0.545. The van der Waals surface area contributed by atoms with E-state index in [9.17, 15) is 13.2 Å². The molecule has 1 rings (SSSR count). The summed E-state index contributed by atoms with van der Waals surface area (Å²) in [6.07, 6.45) is -1.96. The molecule has 18 heavy (non-hydrogen) atoms. The maximum atomic E-state index is 12.0. The number of pyridine rings is 1.